The molecule has 188 valence electrons. The van der Waals surface area contributed by atoms with Crippen molar-refractivity contribution in [1.29, 1.82) is 0 Å². The zero-order chi connectivity index (χ0) is 25.2. The van der Waals surface area contributed by atoms with E-state index in [1.807, 2.05) is 37.3 Å². The smallest absolute Gasteiger partial charge is 0.227 e. The van der Waals surface area contributed by atoms with Crippen LogP contribution in [0.15, 0.2) is 42.5 Å². The van der Waals surface area contributed by atoms with Gasteiger partial charge < -0.3 is 10.6 Å². The van der Waals surface area contributed by atoms with E-state index in [0.29, 0.717) is 12.8 Å². The number of halogens is 3. The normalized spacial score (nSPS) is 23.0. The first-order valence-corrected chi connectivity index (χ1v) is 13.2. The highest BCUT2D eigenvalue weighted by Crippen LogP contribution is 2.50. The third kappa shape index (κ3) is 5.67. The van der Waals surface area contributed by atoms with E-state index in [9.17, 15) is 9.59 Å². The topological polar surface area (TPSA) is 58.2 Å². The number of benzene rings is 2. The van der Waals surface area contributed by atoms with Gasteiger partial charge in [0.2, 0.25) is 11.8 Å². The predicted octanol–water partition coefficient (Wildman–Crippen LogP) is 6.96. The number of amides is 2. The van der Waals surface area contributed by atoms with E-state index in [1.165, 1.54) is 12.1 Å². The molecule has 0 heterocycles. The van der Waals surface area contributed by atoms with Crippen LogP contribution >= 0.6 is 23.2 Å². The van der Waals surface area contributed by atoms with Crippen LogP contribution in [0.4, 0.5) is 4.39 Å². The Kier molecular flexibility index (Phi) is 8.07. The van der Waals surface area contributed by atoms with Gasteiger partial charge >= 0.3 is 0 Å². The number of carbonyl (C=O) groups is 2. The summed E-state index contributed by atoms with van der Waals surface area (Å²) in [5.74, 6) is -1.12. The van der Waals surface area contributed by atoms with Gasteiger partial charge in [-0.3, -0.25) is 9.59 Å². The SMILES string of the molecule is C[C@@H](C(=O)N[C@@H]1CC[C@H](C(=O)NC(c2c(F)ccc(Cl)c2Cl)C2(C)CCCC2)C1)c1ccccc1. The Bertz CT molecular complexity index is 1070. The lowest BCUT2D eigenvalue weighted by Gasteiger charge is -2.36. The Morgan fingerprint density at radius 2 is 1.74 bits per heavy atom. The summed E-state index contributed by atoms with van der Waals surface area (Å²) in [5, 5.41) is 6.71. The van der Waals surface area contributed by atoms with Crippen LogP contribution in [0.1, 0.15) is 81.9 Å². The van der Waals surface area contributed by atoms with Crippen molar-refractivity contribution in [1.82, 2.24) is 10.6 Å². The number of hydrogen-bond acceptors (Lipinski definition) is 2. The molecule has 2 saturated carbocycles. The molecule has 2 aromatic carbocycles. The minimum Gasteiger partial charge on any atom is -0.353 e. The van der Waals surface area contributed by atoms with Gasteiger partial charge in [0.05, 0.1) is 22.0 Å². The average Bonchev–Trinajstić information content (AvgIpc) is 3.51. The largest absolute Gasteiger partial charge is 0.353 e. The summed E-state index contributed by atoms with van der Waals surface area (Å²) in [4.78, 5) is 26.2. The van der Waals surface area contributed by atoms with Crippen LogP contribution in [-0.4, -0.2) is 17.9 Å². The number of hydrogen-bond donors (Lipinski definition) is 2. The molecule has 2 aromatic rings. The molecule has 0 bridgehead atoms. The van der Waals surface area contributed by atoms with Gasteiger partial charge in [0, 0.05) is 17.5 Å². The van der Waals surface area contributed by atoms with E-state index in [2.05, 4.69) is 17.6 Å². The van der Waals surface area contributed by atoms with Gasteiger partial charge in [-0.15, -0.1) is 0 Å². The molecule has 4 rings (SSSR count). The highest BCUT2D eigenvalue weighted by molar-refractivity contribution is 6.42. The fourth-order valence-electron chi connectivity index (χ4n) is 5.70. The number of rotatable bonds is 7. The Labute approximate surface area is 217 Å². The van der Waals surface area contributed by atoms with E-state index in [4.69, 9.17) is 23.2 Å². The number of nitrogens with one attached hydrogen (secondary N) is 2. The van der Waals surface area contributed by atoms with Crippen molar-refractivity contribution in [3.8, 4) is 0 Å². The molecule has 35 heavy (non-hydrogen) atoms. The molecule has 4 atom stereocenters. The molecule has 0 saturated heterocycles. The summed E-state index contributed by atoms with van der Waals surface area (Å²) in [5.41, 5.74) is 0.934. The van der Waals surface area contributed by atoms with Crippen molar-refractivity contribution >= 4 is 35.0 Å². The molecule has 0 aromatic heterocycles. The van der Waals surface area contributed by atoms with E-state index in [1.54, 1.807) is 0 Å². The first kappa shape index (κ1) is 26.0. The maximum absolute atomic E-state index is 15.0. The van der Waals surface area contributed by atoms with Crippen molar-refractivity contribution in [2.24, 2.45) is 11.3 Å². The van der Waals surface area contributed by atoms with Crippen LogP contribution in [0.5, 0.6) is 0 Å². The quantitative estimate of drug-likeness (QED) is 0.389. The highest BCUT2D eigenvalue weighted by atomic mass is 35.5. The third-order valence-electron chi connectivity index (χ3n) is 7.94. The molecule has 2 aliphatic rings. The van der Waals surface area contributed by atoms with Crippen molar-refractivity contribution in [3.63, 3.8) is 0 Å². The fourth-order valence-corrected chi connectivity index (χ4v) is 6.13. The summed E-state index contributed by atoms with van der Waals surface area (Å²) >= 11 is 12.7. The van der Waals surface area contributed by atoms with E-state index < -0.39 is 11.9 Å². The van der Waals surface area contributed by atoms with E-state index in [0.717, 1.165) is 37.7 Å². The van der Waals surface area contributed by atoms with Gasteiger partial charge in [-0.1, -0.05) is 73.3 Å². The standard InChI is InChI=1S/C28H33Cl2FN2O2/c1-17(18-8-4-3-5-9-18)26(34)32-20-11-10-19(16-20)27(35)33-25(28(2)14-6-7-15-28)23-22(31)13-12-21(29)24(23)30/h3-5,8-9,12-13,17,19-20,25H,6-7,10-11,14-16H2,1-2H3,(H,32,34)(H,33,35)/t17-,19+,20-,25?/m1/s1. The van der Waals surface area contributed by atoms with Crippen LogP contribution < -0.4 is 10.6 Å². The van der Waals surface area contributed by atoms with Gasteiger partial charge in [0.1, 0.15) is 5.82 Å². The third-order valence-corrected chi connectivity index (χ3v) is 8.76. The maximum atomic E-state index is 15.0. The van der Waals surface area contributed by atoms with E-state index >= 15 is 4.39 Å². The van der Waals surface area contributed by atoms with Gasteiger partial charge in [-0.05, 0) is 62.1 Å². The Morgan fingerprint density at radius 3 is 2.43 bits per heavy atom. The Balaban J connectivity index is 1.45. The number of carbonyl (C=O) groups excluding carboxylic acids is 2. The van der Waals surface area contributed by atoms with Crippen molar-refractivity contribution < 1.29 is 14.0 Å². The lowest BCUT2D eigenvalue weighted by atomic mass is 9.76. The second-order valence-electron chi connectivity index (χ2n) is 10.4. The van der Waals surface area contributed by atoms with Crippen LogP contribution in [-0.2, 0) is 9.59 Å². The zero-order valence-electron chi connectivity index (χ0n) is 20.3. The minimum absolute atomic E-state index is 0.0358. The summed E-state index contributed by atoms with van der Waals surface area (Å²) in [6.45, 7) is 3.98. The van der Waals surface area contributed by atoms with Gasteiger partial charge in [0.15, 0.2) is 0 Å². The van der Waals surface area contributed by atoms with Crippen LogP contribution in [0.25, 0.3) is 0 Å². The molecule has 7 heteroatoms. The van der Waals surface area contributed by atoms with Gasteiger partial charge in [0.25, 0.3) is 0 Å². The second kappa shape index (κ2) is 10.9. The predicted molar refractivity (Wildman–Crippen MR) is 138 cm³/mol. The summed E-state index contributed by atoms with van der Waals surface area (Å²) < 4.78 is 15.0. The minimum atomic E-state index is -0.560. The zero-order valence-corrected chi connectivity index (χ0v) is 21.8. The summed E-state index contributed by atoms with van der Waals surface area (Å²) in [6.07, 6.45) is 5.78. The molecular weight excluding hydrogens is 486 g/mol. The van der Waals surface area contributed by atoms with Crippen LogP contribution in [0.2, 0.25) is 10.0 Å². The first-order chi connectivity index (χ1) is 16.7. The highest BCUT2D eigenvalue weighted by Gasteiger charge is 2.43. The molecule has 2 fully saturated rings. The molecule has 0 spiro atoms. The second-order valence-corrected chi connectivity index (χ2v) is 11.2. The monoisotopic (exact) mass is 518 g/mol. The van der Waals surface area contributed by atoms with Gasteiger partial charge in [-0.25, -0.2) is 4.39 Å². The molecule has 1 unspecified atom stereocenters. The van der Waals surface area contributed by atoms with Crippen LogP contribution in [0, 0.1) is 17.2 Å². The summed E-state index contributed by atoms with van der Waals surface area (Å²) in [6, 6.07) is 11.8. The lowest BCUT2D eigenvalue weighted by Crippen LogP contribution is -2.42. The molecule has 2 amide bonds. The van der Waals surface area contributed by atoms with Crippen molar-refractivity contribution in [2.45, 2.75) is 76.8 Å². The lowest BCUT2D eigenvalue weighted by molar-refractivity contribution is -0.127. The van der Waals surface area contributed by atoms with E-state index in [-0.39, 0.29) is 50.7 Å². The summed E-state index contributed by atoms with van der Waals surface area (Å²) in [7, 11) is 0. The molecule has 4 nitrogen and oxygen atoms in total. The molecule has 0 aliphatic heterocycles. The van der Waals surface area contributed by atoms with Crippen LogP contribution in [0.3, 0.4) is 0 Å². The Hall–Kier alpha value is -2.11. The fraction of sp³-hybridized carbons (Fsp3) is 0.500. The molecule has 0 radical (unpaired) electrons. The van der Waals surface area contributed by atoms with Gasteiger partial charge in [-0.2, -0.15) is 0 Å². The molecular formula is C28H33Cl2FN2O2. The first-order valence-electron chi connectivity index (χ1n) is 12.5. The van der Waals surface area contributed by atoms with Crippen molar-refractivity contribution in [2.75, 3.05) is 0 Å². The molecule has 2 aliphatic carbocycles. The maximum Gasteiger partial charge on any atom is 0.227 e. The van der Waals surface area contributed by atoms with Crippen molar-refractivity contribution in [3.05, 3.63) is 69.5 Å². The average molecular weight is 519 g/mol. The Morgan fingerprint density at radius 1 is 1.06 bits per heavy atom. The molecule has 2 N–H and O–H groups in total.